The van der Waals surface area contributed by atoms with Gasteiger partial charge in [0.2, 0.25) is 10.0 Å². The van der Waals surface area contributed by atoms with Gasteiger partial charge in [0.05, 0.1) is 31.1 Å². The van der Waals surface area contributed by atoms with Crippen LogP contribution in [0.5, 0.6) is 0 Å². The first-order valence-corrected chi connectivity index (χ1v) is 10.6. The first kappa shape index (κ1) is 21.1. The van der Waals surface area contributed by atoms with E-state index in [1.54, 1.807) is 4.31 Å². The molecular weight excluding hydrogens is 447 g/mol. The van der Waals surface area contributed by atoms with Gasteiger partial charge in [-0.1, -0.05) is 17.7 Å². The molecule has 4 nitrogen and oxygen atoms in total. The molecule has 0 saturated carbocycles. The molecule has 1 aromatic rings. The van der Waals surface area contributed by atoms with E-state index in [9.17, 15) is 8.42 Å². The second kappa shape index (κ2) is 7.82. The van der Waals surface area contributed by atoms with Crippen LogP contribution in [0.4, 0.5) is 0 Å². The van der Waals surface area contributed by atoms with Crippen molar-refractivity contribution in [1.82, 2.24) is 4.31 Å². The van der Waals surface area contributed by atoms with Crippen LogP contribution in [0.3, 0.4) is 0 Å². The Bertz CT molecular complexity index is 696. The van der Waals surface area contributed by atoms with Gasteiger partial charge in [-0.2, -0.15) is 4.31 Å². The summed E-state index contributed by atoms with van der Waals surface area (Å²) < 4.78 is 29.2. The maximum atomic E-state index is 13.2. The van der Waals surface area contributed by atoms with Crippen LogP contribution >= 0.6 is 0 Å². The smallest absolute Gasteiger partial charge is 0.243 e. The predicted molar refractivity (Wildman–Crippen MR) is 97.6 cm³/mol. The third-order valence-electron chi connectivity index (χ3n) is 6.10. The average molecular weight is 478 g/mol. The van der Waals surface area contributed by atoms with Crippen LogP contribution in [0.25, 0.3) is 0 Å². The maximum absolute atomic E-state index is 13.2. The minimum absolute atomic E-state index is 0. The fraction of sp³-hybridized carbons (Fsp3) is 0.684. The van der Waals surface area contributed by atoms with Crippen molar-refractivity contribution < 1.29 is 36.9 Å². The summed E-state index contributed by atoms with van der Waals surface area (Å²) in [5.74, 6) is 0. The second-order valence-electron chi connectivity index (χ2n) is 8.00. The molecule has 0 N–H and O–H groups in total. The largest absolute Gasteiger partial charge is 1.00 e. The third kappa shape index (κ3) is 4.06. The van der Waals surface area contributed by atoms with E-state index in [-0.39, 0.29) is 24.0 Å². The lowest BCUT2D eigenvalue weighted by Crippen LogP contribution is -3.00. The summed E-state index contributed by atoms with van der Waals surface area (Å²) >= 11 is 0. The van der Waals surface area contributed by atoms with Gasteiger partial charge in [-0.25, -0.2) is 8.42 Å². The maximum Gasteiger partial charge on any atom is 0.243 e. The molecule has 2 aliphatic rings. The number of piperidine rings is 1. The Kier molecular flexibility index (Phi) is 6.61. The Hall–Kier alpha value is -0.180. The zero-order chi connectivity index (χ0) is 17.5. The number of aryl methyl sites for hydroxylation is 3. The van der Waals surface area contributed by atoms with Gasteiger partial charge in [0.25, 0.3) is 0 Å². The van der Waals surface area contributed by atoms with Crippen LogP contribution in [0, 0.1) is 20.8 Å². The van der Waals surface area contributed by atoms with Gasteiger partial charge in [0, 0.05) is 38.8 Å². The Morgan fingerprint density at radius 2 is 1.48 bits per heavy atom. The summed E-state index contributed by atoms with van der Waals surface area (Å²) in [4.78, 5) is 0.521. The molecule has 2 heterocycles. The monoisotopic (exact) mass is 478 g/mol. The summed E-state index contributed by atoms with van der Waals surface area (Å²) in [6.07, 6.45) is 4.60. The molecule has 0 aliphatic carbocycles. The highest BCUT2D eigenvalue weighted by Gasteiger charge is 2.40. The zero-order valence-electron chi connectivity index (χ0n) is 15.9. The lowest BCUT2D eigenvalue weighted by molar-refractivity contribution is -0.923. The van der Waals surface area contributed by atoms with Crippen molar-refractivity contribution in [3.63, 3.8) is 0 Å². The highest BCUT2D eigenvalue weighted by molar-refractivity contribution is 7.89. The summed E-state index contributed by atoms with van der Waals surface area (Å²) in [5.41, 5.74) is 2.86. The van der Waals surface area contributed by atoms with Crippen molar-refractivity contribution in [1.29, 1.82) is 0 Å². The summed E-state index contributed by atoms with van der Waals surface area (Å²) in [5, 5.41) is 0. The molecule has 0 bridgehead atoms. The Morgan fingerprint density at radius 3 is 1.96 bits per heavy atom. The van der Waals surface area contributed by atoms with Gasteiger partial charge in [0.15, 0.2) is 0 Å². The normalized spacial score (nSPS) is 21.9. The van der Waals surface area contributed by atoms with Gasteiger partial charge in [-0.15, -0.1) is 0 Å². The fourth-order valence-electron chi connectivity index (χ4n) is 4.83. The highest BCUT2D eigenvalue weighted by Crippen LogP contribution is 2.31. The van der Waals surface area contributed by atoms with Crippen LogP contribution in [-0.2, 0) is 10.0 Å². The minimum atomic E-state index is -3.38. The molecule has 1 aromatic carbocycles. The molecule has 0 aromatic heterocycles. The molecule has 0 radical (unpaired) electrons. The SMILES string of the molecule is Cc1cc(C)c(S(=O)(=O)N2CCC([N+]3(C)CCCC3)CC2)c(C)c1.[I-]. The molecule has 3 rings (SSSR count). The standard InChI is InChI=1S/C19H31N2O2S.HI/c1-15-13-16(2)19(17(3)14-15)24(22,23)20-9-7-18(8-10-20)21(4)11-5-6-12-21;/h13-14,18H,5-12H2,1-4H3;1H/q+1;/p-1. The van der Waals surface area contributed by atoms with Gasteiger partial charge in [0.1, 0.15) is 0 Å². The van der Waals surface area contributed by atoms with Crippen molar-refractivity contribution in [3.8, 4) is 0 Å². The fourth-order valence-corrected chi connectivity index (χ4v) is 6.71. The molecule has 0 amide bonds. The van der Waals surface area contributed by atoms with Crippen LogP contribution < -0.4 is 24.0 Å². The average Bonchev–Trinajstić information content (AvgIpc) is 2.94. The van der Waals surface area contributed by atoms with E-state index in [2.05, 4.69) is 7.05 Å². The van der Waals surface area contributed by atoms with E-state index in [1.165, 1.54) is 25.9 Å². The number of quaternary nitrogens is 1. The lowest BCUT2D eigenvalue weighted by Gasteiger charge is -2.42. The number of hydrogen-bond acceptors (Lipinski definition) is 2. The van der Waals surface area contributed by atoms with Crippen LogP contribution in [0.1, 0.15) is 42.4 Å². The van der Waals surface area contributed by atoms with Crippen molar-refractivity contribution in [2.75, 3.05) is 33.2 Å². The Morgan fingerprint density at radius 1 is 1.00 bits per heavy atom. The van der Waals surface area contributed by atoms with Crippen molar-refractivity contribution in [2.45, 2.75) is 57.4 Å². The first-order valence-electron chi connectivity index (χ1n) is 9.16. The van der Waals surface area contributed by atoms with Crippen LogP contribution in [0.2, 0.25) is 0 Å². The van der Waals surface area contributed by atoms with E-state index in [1.807, 2.05) is 32.9 Å². The van der Waals surface area contributed by atoms with Gasteiger partial charge in [-0.3, -0.25) is 0 Å². The highest BCUT2D eigenvalue weighted by atomic mass is 127. The van der Waals surface area contributed by atoms with Crippen LogP contribution in [-0.4, -0.2) is 56.5 Å². The molecule has 0 atom stereocenters. The minimum Gasteiger partial charge on any atom is -1.00 e. The topological polar surface area (TPSA) is 37.4 Å². The quantitative estimate of drug-likeness (QED) is 0.454. The second-order valence-corrected chi connectivity index (χ2v) is 9.87. The predicted octanol–water partition coefficient (Wildman–Crippen LogP) is 0.00936. The Labute approximate surface area is 170 Å². The number of hydrogen-bond donors (Lipinski definition) is 0. The number of benzene rings is 1. The van der Waals surface area contributed by atoms with Crippen molar-refractivity contribution in [3.05, 3.63) is 28.8 Å². The molecular formula is C19H31IN2O2S. The molecule has 2 saturated heterocycles. The van der Waals surface area contributed by atoms with E-state index < -0.39 is 10.0 Å². The number of likely N-dealkylation sites (tertiary alicyclic amines) is 1. The molecule has 0 unspecified atom stereocenters. The number of halogens is 1. The molecule has 2 fully saturated rings. The molecule has 6 heteroatoms. The number of rotatable bonds is 3. The molecule has 2 aliphatic heterocycles. The van der Waals surface area contributed by atoms with E-state index in [0.29, 0.717) is 24.0 Å². The molecule has 0 spiro atoms. The number of sulfonamides is 1. The third-order valence-corrected chi connectivity index (χ3v) is 8.30. The van der Waals surface area contributed by atoms with Crippen LogP contribution in [0.15, 0.2) is 17.0 Å². The van der Waals surface area contributed by atoms with Crippen molar-refractivity contribution >= 4 is 10.0 Å². The lowest BCUT2D eigenvalue weighted by atomic mass is 10.0. The van der Waals surface area contributed by atoms with Gasteiger partial charge < -0.3 is 28.5 Å². The summed E-state index contributed by atoms with van der Waals surface area (Å²) in [6, 6.07) is 4.57. The summed E-state index contributed by atoms with van der Waals surface area (Å²) in [6.45, 7) is 9.68. The van der Waals surface area contributed by atoms with Gasteiger partial charge in [-0.05, 0) is 31.9 Å². The summed E-state index contributed by atoms with van der Waals surface area (Å²) in [7, 11) is -1.02. The van der Waals surface area contributed by atoms with Gasteiger partial charge >= 0.3 is 0 Å². The Balaban J connectivity index is 0.00000225. The molecule has 142 valence electrons. The van der Waals surface area contributed by atoms with E-state index in [0.717, 1.165) is 34.0 Å². The van der Waals surface area contributed by atoms with E-state index in [4.69, 9.17) is 0 Å². The van der Waals surface area contributed by atoms with E-state index >= 15 is 0 Å². The zero-order valence-corrected chi connectivity index (χ0v) is 18.9. The first-order chi connectivity index (χ1) is 11.2. The molecule has 25 heavy (non-hydrogen) atoms. The van der Waals surface area contributed by atoms with Crippen molar-refractivity contribution in [2.24, 2.45) is 0 Å². The number of nitrogens with zero attached hydrogens (tertiary/aromatic N) is 2.